The van der Waals surface area contributed by atoms with Crippen LogP contribution in [0.3, 0.4) is 0 Å². The van der Waals surface area contributed by atoms with Gasteiger partial charge < -0.3 is 10.4 Å². The third kappa shape index (κ3) is 3.61. The van der Waals surface area contributed by atoms with Gasteiger partial charge in [0.1, 0.15) is 17.4 Å². The molecule has 4 nitrogen and oxygen atoms in total. The lowest BCUT2D eigenvalue weighted by molar-refractivity contribution is -0.117. The number of hydrogen-bond acceptors (Lipinski definition) is 3. The van der Waals surface area contributed by atoms with Gasteiger partial charge in [-0.15, -0.1) is 0 Å². The van der Waals surface area contributed by atoms with E-state index in [1.807, 2.05) is 6.07 Å². The molecule has 104 valence electrons. The summed E-state index contributed by atoms with van der Waals surface area (Å²) >= 11 is 3.20. The molecule has 1 saturated carbocycles. The van der Waals surface area contributed by atoms with E-state index >= 15 is 0 Å². The van der Waals surface area contributed by atoms with Gasteiger partial charge in [-0.1, -0.05) is 18.9 Å². The largest absolute Gasteiger partial charge is 0.507 e. The van der Waals surface area contributed by atoms with Crippen LogP contribution in [-0.4, -0.2) is 17.1 Å². The van der Waals surface area contributed by atoms with Crippen LogP contribution in [0.4, 0.5) is 0 Å². The highest BCUT2D eigenvalue weighted by atomic mass is 79.9. The molecule has 5 heteroatoms. The van der Waals surface area contributed by atoms with Crippen LogP contribution < -0.4 is 5.32 Å². The molecular weight excluding hydrogens is 320 g/mol. The fourth-order valence-electron chi connectivity index (χ4n) is 2.26. The zero-order valence-corrected chi connectivity index (χ0v) is 12.5. The summed E-state index contributed by atoms with van der Waals surface area (Å²) in [5, 5.41) is 21.4. The first-order valence-corrected chi connectivity index (χ1v) is 7.30. The number of aromatic hydroxyl groups is 1. The van der Waals surface area contributed by atoms with Gasteiger partial charge in [-0.05, 0) is 52.5 Å². The smallest absolute Gasteiger partial charge is 0.262 e. The molecule has 0 unspecified atom stereocenters. The van der Waals surface area contributed by atoms with Gasteiger partial charge in [0.2, 0.25) is 0 Å². The minimum absolute atomic E-state index is 0.0782. The number of nitriles is 1. The molecule has 1 fully saturated rings. The standard InChI is InChI=1S/C15H15BrN2O2/c16-13-8-10(5-6-14(13)19)7-11(9-17)15(20)18-12-3-1-2-4-12/h5-8,12,19H,1-4H2,(H,18,20)/b11-7-. The Morgan fingerprint density at radius 2 is 2.15 bits per heavy atom. The van der Waals surface area contributed by atoms with E-state index in [0.29, 0.717) is 10.0 Å². The topological polar surface area (TPSA) is 73.1 Å². The van der Waals surface area contributed by atoms with E-state index in [4.69, 9.17) is 5.26 Å². The monoisotopic (exact) mass is 334 g/mol. The second-order valence-corrected chi connectivity index (χ2v) is 5.69. The number of halogens is 1. The molecule has 1 aliphatic rings. The lowest BCUT2D eigenvalue weighted by Gasteiger charge is -2.11. The van der Waals surface area contributed by atoms with Crippen LogP contribution >= 0.6 is 15.9 Å². The molecule has 0 saturated heterocycles. The molecule has 0 aromatic heterocycles. The Morgan fingerprint density at radius 1 is 1.45 bits per heavy atom. The summed E-state index contributed by atoms with van der Waals surface area (Å²) in [5.41, 5.74) is 0.766. The Labute approximate surface area is 126 Å². The SMILES string of the molecule is N#C/C(=C/c1ccc(O)c(Br)c1)C(=O)NC1CCCC1. The Kier molecular flexibility index (Phi) is 4.80. The molecule has 1 aromatic carbocycles. The lowest BCUT2D eigenvalue weighted by Crippen LogP contribution is -2.33. The highest BCUT2D eigenvalue weighted by Gasteiger charge is 2.19. The van der Waals surface area contributed by atoms with Crippen LogP contribution in [0, 0.1) is 11.3 Å². The molecule has 1 amide bonds. The van der Waals surface area contributed by atoms with Crippen LogP contribution in [0.2, 0.25) is 0 Å². The van der Waals surface area contributed by atoms with Crippen molar-refractivity contribution in [2.45, 2.75) is 31.7 Å². The number of nitrogens with one attached hydrogen (secondary N) is 1. The lowest BCUT2D eigenvalue weighted by atomic mass is 10.1. The summed E-state index contributed by atoms with van der Waals surface area (Å²) in [7, 11) is 0. The van der Waals surface area contributed by atoms with Crippen molar-refractivity contribution in [3.05, 3.63) is 33.8 Å². The quantitative estimate of drug-likeness (QED) is 0.658. The Bertz CT molecular complexity index is 584. The van der Waals surface area contributed by atoms with Gasteiger partial charge >= 0.3 is 0 Å². The number of carbonyl (C=O) groups is 1. The second kappa shape index (κ2) is 6.58. The summed E-state index contributed by atoms with van der Waals surface area (Å²) in [6, 6.07) is 6.94. The summed E-state index contributed by atoms with van der Waals surface area (Å²) < 4.78 is 0.528. The van der Waals surface area contributed by atoms with Gasteiger partial charge in [-0.2, -0.15) is 5.26 Å². The zero-order valence-electron chi connectivity index (χ0n) is 10.9. The molecule has 0 heterocycles. The van der Waals surface area contributed by atoms with Crippen molar-refractivity contribution in [3.63, 3.8) is 0 Å². The first kappa shape index (κ1) is 14.6. The molecule has 0 bridgehead atoms. The average molecular weight is 335 g/mol. The number of carbonyl (C=O) groups excluding carboxylic acids is 1. The van der Waals surface area contributed by atoms with Gasteiger partial charge in [0.15, 0.2) is 0 Å². The van der Waals surface area contributed by atoms with E-state index in [0.717, 1.165) is 25.7 Å². The zero-order chi connectivity index (χ0) is 14.5. The van der Waals surface area contributed by atoms with Gasteiger partial charge in [0, 0.05) is 6.04 Å². The number of phenolic OH excluding ortho intramolecular Hbond substituents is 1. The minimum Gasteiger partial charge on any atom is -0.507 e. The number of benzene rings is 1. The van der Waals surface area contributed by atoms with Gasteiger partial charge in [0.25, 0.3) is 5.91 Å². The van der Waals surface area contributed by atoms with Crippen LogP contribution in [0.5, 0.6) is 5.75 Å². The van der Waals surface area contributed by atoms with Gasteiger partial charge in [0.05, 0.1) is 4.47 Å². The van der Waals surface area contributed by atoms with Crippen molar-refractivity contribution in [2.75, 3.05) is 0 Å². The fourth-order valence-corrected chi connectivity index (χ4v) is 2.66. The van der Waals surface area contributed by atoms with Gasteiger partial charge in [-0.25, -0.2) is 0 Å². The molecule has 1 aromatic rings. The molecule has 1 aliphatic carbocycles. The summed E-state index contributed by atoms with van der Waals surface area (Å²) in [5.74, 6) is -0.209. The van der Waals surface area contributed by atoms with E-state index < -0.39 is 0 Å². The van der Waals surface area contributed by atoms with Crippen molar-refractivity contribution < 1.29 is 9.90 Å². The van der Waals surface area contributed by atoms with E-state index in [9.17, 15) is 9.90 Å². The van der Waals surface area contributed by atoms with Crippen LogP contribution in [0.1, 0.15) is 31.2 Å². The molecule has 0 aliphatic heterocycles. The van der Waals surface area contributed by atoms with Gasteiger partial charge in [-0.3, -0.25) is 4.79 Å². The third-order valence-corrected chi connectivity index (χ3v) is 3.97. The molecular formula is C15H15BrN2O2. The molecule has 0 spiro atoms. The fraction of sp³-hybridized carbons (Fsp3) is 0.333. The summed E-state index contributed by atoms with van der Waals surface area (Å²) in [4.78, 5) is 12.0. The summed E-state index contributed by atoms with van der Waals surface area (Å²) in [6.45, 7) is 0. The minimum atomic E-state index is -0.330. The van der Waals surface area contributed by atoms with E-state index in [2.05, 4.69) is 21.2 Å². The van der Waals surface area contributed by atoms with Crippen LogP contribution in [0.15, 0.2) is 28.2 Å². The Balaban J connectivity index is 2.13. The normalized spacial score (nSPS) is 15.9. The highest BCUT2D eigenvalue weighted by Crippen LogP contribution is 2.25. The third-order valence-electron chi connectivity index (χ3n) is 3.34. The Hall–Kier alpha value is -1.80. The predicted molar refractivity (Wildman–Crippen MR) is 79.8 cm³/mol. The van der Waals surface area contributed by atoms with Crippen molar-refractivity contribution in [1.29, 1.82) is 5.26 Å². The number of rotatable bonds is 3. The average Bonchev–Trinajstić information content (AvgIpc) is 2.92. The van der Waals surface area contributed by atoms with Crippen molar-refractivity contribution in [2.24, 2.45) is 0 Å². The maximum absolute atomic E-state index is 12.0. The van der Waals surface area contributed by atoms with Crippen molar-refractivity contribution in [3.8, 4) is 11.8 Å². The molecule has 0 atom stereocenters. The Morgan fingerprint density at radius 3 is 2.75 bits per heavy atom. The number of phenols is 1. The van der Waals surface area contributed by atoms with Crippen molar-refractivity contribution >= 4 is 27.9 Å². The second-order valence-electron chi connectivity index (χ2n) is 4.84. The molecule has 2 rings (SSSR count). The molecule has 0 radical (unpaired) electrons. The number of nitrogens with zero attached hydrogens (tertiary/aromatic N) is 1. The molecule has 2 N–H and O–H groups in total. The maximum atomic E-state index is 12.0. The van der Waals surface area contributed by atoms with Crippen LogP contribution in [-0.2, 0) is 4.79 Å². The van der Waals surface area contributed by atoms with Crippen LogP contribution in [0.25, 0.3) is 6.08 Å². The summed E-state index contributed by atoms with van der Waals surface area (Å²) in [6.07, 6.45) is 5.74. The predicted octanol–water partition coefficient (Wildman–Crippen LogP) is 3.12. The first-order valence-electron chi connectivity index (χ1n) is 6.51. The first-order chi connectivity index (χ1) is 9.60. The number of hydrogen-bond donors (Lipinski definition) is 2. The van der Waals surface area contributed by atoms with E-state index in [1.54, 1.807) is 12.1 Å². The maximum Gasteiger partial charge on any atom is 0.262 e. The highest BCUT2D eigenvalue weighted by molar-refractivity contribution is 9.10. The van der Waals surface area contributed by atoms with E-state index in [1.165, 1.54) is 12.1 Å². The van der Waals surface area contributed by atoms with Crippen molar-refractivity contribution in [1.82, 2.24) is 5.32 Å². The molecule has 20 heavy (non-hydrogen) atoms. The van der Waals surface area contributed by atoms with E-state index in [-0.39, 0.29) is 23.3 Å². The number of amides is 1.